The first-order valence-corrected chi connectivity index (χ1v) is 8.60. The standard InChI is InChI=1S/C20H25FN2O2/c1-3-23(4-2)19(16-8-6-5-7-9-16)20(24)22-14-15-25-18-12-10-17(21)11-13-18/h5-13,19H,3-4,14-15H2,1-2H3,(H,22,24). The van der Waals surface area contributed by atoms with Crippen LogP contribution in [0.4, 0.5) is 4.39 Å². The Morgan fingerprint density at radius 1 is 1.08 bits per heavy atom. The molecule has 0 saturated carbocycles. The molecule has 0 aliphatic rings. The van der Waals surface area contributed by atoms with Crippen LogP contribution in [-0.2, 0) is 4.79 Å². The molecule has 0 fully saturated rings. The summed E-state index contributed by atoms with van der Waals surface area (Å²) in [6.07, 6.45) is 0. The monoisotopic (exact) mass is 344 g/mol. The highest BCUT2D eigenvalue weighted by Crippen LogP contribution is 2.20. The van der Waals surface area contributed by atoms with E-state index in [0.29, 0.717) is 18.9 Å². The van der Waals surface area contributed by atoms with Crippen LogP contribution in [0.25, 0.3) is 0 Å². The smallest absolute Gasteiger partial charge is 0.242 e. The van der Waals surface area contributed by atoms with E-state index in [2.05, 4.69) is 10.2 Å². The van der Waals surface area contributed by atoms with Gasteiger partial charge in [0.25, 0.3) is 0 Å². The van der Waals surface area contributed by atoms with Crippen LogP contribution in [0, 0.1) is 5.82 Å². The van der Waals surface area contributed by atoms with Crippen molar-refractivity contribution in [2.24, 2.45) is 0 Å². The Balaban J connectivity index is 1.92. The van der Waals surface area contributed by atoms with Crippen molar-refractivity contribution in [1.29, 1.82) is 0 Å². The van der Waals surface area contributed by atoms with Crippen LogP contribution in [0.2, 0.25) is 0 Å². The molecule has 0 aliphatic carbocycles. The Morgan fingerprint density at radius 2 is 1.72 bits per heavy atom. The summed E-state index contributed by atoms with van der Waals surface area (Å²) in [7, 11) is 0. The number of nitrogens with zero attached hydrogens (tertiary/aromatic N) is 1. The Labute approximate surface area is 148 Å². The molecule has 1 unspecified atom stereocenters. The van der Waals surface area contributed by atoms with Crippen LogP contribution in [0.3, 0.4) is 0 Å². The van der Waals surface area contributed by atoms with Crippen molar-refractivity contribution in [2.45, 2.75) is 19.9 Å². The highest BCUT2D eigenvalue weighted by molar-refractivity contribution is 5.83. The average Bonchev–Trinajstić information content (AvgIpc) is 2.65. The maximum Gasteiger partial charge on any atom is 0.242 e. The van der Waals surface area contributed by atoms with Crippen LogP contribution in [0.15, 0.2) is 54.6 Å². The molecule has 1 amide bonds. The average molecular weight is 344 g/mol. The number of amides is 1. The summed E-state index contributed by atoms with van der Waals surface area (Å²) in [5.74, 6) is 0.238. The summed E-state index contributed by atoms with van der Waals surface area (Å²) in [6.45, 7) is 6.39. The molecular weight excluding hydrogens is 319 g/mol. The fourth-order valence-corrected chi connectivity index (χ4v) is 2.72. The molecule has 0 spiro atoms. The Bertz CT molecular complexity index is 643. The van der Waals surface area contributed by atoms with Gasteiger partial charge in [-0.1, -0.05) is 44.2 Å². The molecule has 25 heavy (non-hydrogen) atoms. The second-order valence-electron chi connectivity index (χ2n) is 5.63. The van der Waals surface area contributed by atoms with Crippen molar-refractivity contribution in [1.82, 2.24) is 10.2 Å². The zero-order valence-corrected chi connectivity index (χ0v) is 14.7. The van der Waals surface area contributed by atoms with Crippen molar-refractivity contribution in [3.05, 3.63) is 66.0 Å². The molecule has 0 radical (unpaired) electrons. The maximum absolute atomic E-state index is 12.9. The van der Waals surface area contributed by atoms with Crippen LogP contribution in [0.1, 0.15) is 25.5 Å². The van der Waals surface area contributed by atoms with E-state index < -0.39 is 0 Å². The van der Waals surface area contributed by atoms with Gasteiger partial charge >= 0.3 is 0 Å². The number of benzene rings is 2. The highest BCUT2D eigenvalue weighted by atomic mass is 19.1. The van der Waals surface area contributed by atoms with E-state index >= 15 is 0 Å². The van der Waals surface area contributed by atoms with E-state index in [1.165, 1.54) is 12.1 Å². The second-order valence-corrected chi connectivity index (χ2v) is 5.63. The summed E-state index contributed by atoms with van der Waals surface area (Å²) in [6, 6.07) is 15.3. The highest BCUT2D eigenvalue weighted by Gasteiger charge is 2.25. The number of carbonyl (C=O) groups is 1. The molecule has 0 saturated heterocycles. The largest absolute Gasteiger partial charge is 0.492 e. The van der Waals surface area contributed by atoms with Gasteiger partial charge in [0.15, 0.2) is 0 Å². The van der Waals surface area contributed by atoms with Gasteiger partial charge < -0.3 is 10.1 Å². The SMILES string of the molecule is CCN(CC)C(C(=O)NCCOc1ccc(F)cc1)c1ccccc1. The molecule has 2 aromatic rings. The summed E-state index contributed by atoms with van der Waals surface area (Å²) in [5, 5.41) is 2.93. The number of hydrogen-bond donors (Lipinski definition) is 1. The fraction of sp³-hybridized carbons (Fsp3) is 0.350. The first-order valence-electron chi connectivity index (χ1n) is 8.60. The van der Waals surface area contributed by atoms with Crippen LogP contribution in [-0.4, -0.2) is 37.0 Å². The van der Waals surface area contributed by atoms with Crippen molar-refractivity contribution < 1.29 is 13.9 Å². The molecule has 0 aliphatic heterocycles. The number of carbonyl (C=O) groups excluding carboxylic acids is 1. The fourth-order valence-electron chi connectivity index (χ4n) is 2.72. The summed E-state index contributed by atoms with van der Waals surface area (Å²) in [4.78, 5) is 14.8. The zero-order chi connectivity index (χ0) is 18.1. The second kappa shape index (κ2) is 9.79. The van der Waals surface area contributed by atoms with Crippen LogP contribution in [0.5, 0.6) is 5.75 Å². The minimum atomic E-state index is -0.318. The zero-order valence-electron chi connectivity index (χ0n) is 14.7. The Morgan fingerprint density at radius 3 is 2.32 bits per heavy atom. The molecule has 0 aromatic heterocycles. The topological polar surface area (TPSA) is 41.6 Å². The van der Waals surface area contributed by atoms with Gasteiger partial charge in [0.05, 0.1) is 6.54 Å². The molecule has 134 valence electrons. The number of nitrogens with one attached hydrogen (secondary N) is 1. The molecular formula is C20H25FN2O2. The minimum Gasteiger partial charge on any atom is -0.492 e. The summed E-state index contributed by atoms with van der Waals surface area (Å²) in [5.41, 5.74) is 0.975. The number of halogens is 1. The van der Waals surface area contributed by atoms with Crippen LogP contribution >= 0.6 is 0 Å². The first kappa shape index (κ1) is 18.9. The molecule has 0 heterocycles. The van der Waals surface area contributed by atoms with Gasteiger partial charge in [-0.25, -0.2) is 4.39 Å². The third kappa shape index (κ3) is 5.57. The van der Waals surface area contributed by atoms with Crippen LogP contribution < -0.4 is 10.1 Å². The van der Waals surface area contributed by atoms with Gasteiger partial charge in [-0.2, -0.15) is 0 Å². The molecule has 2 aromatic carbocycles. The van der Waals surface area contributed by atoms with Gasteiger partial charge in [0.2, 0.25) is 5.91 Å². The number of likely N-dealkylation sites (N-methyl/N-ethyl adjacent to an activating group) is 1. The number of hydrogen-bond acceptors (Lipinski definition) is 3. The Hall–Kier alpha value is -2.40. The van der Waals surface area contributed by atoms with E-state index in [9.17, 15) is 9.18 Å². The van der Waals surface area contributed by atoms with E-state index in [1.807, 2.05) is 44.2 Å². The number of ether oxygens (including phenoxy) is 1. The quantitative estimate of drug-likeness (QED) is 0.709. The Kier molecular flexibility index (Phi) is 7.41. The molecule has 2 rings (SSSR count). The van der Waals surface area contributed by atoms with Gasteiger partial charge in [0, 0.05) is 0 Å². The lowest BCUT2D eigenvalue weighted by atomic mass is 10.0. The van der Waals surface area contributed by atoms with Crippen molar-refractivity contribution >= 4 is 5.91 Å². The van der Waals surface area contributed by atoms with E-state index in [1.54, 1.807) is 12.1 Å². The summed E-state index contributed by atoms with van der Waals surface area (Å²) >= 11 is 0. The summed E-state index contributed by atoms with van der Waals surface area (Å²) < 4.78 is 18.4. The lowest BCUT2D eigenvalue weighted by Gasteiger charge is -2.29. The van der Waals surface area contributed by atoms with Gasteiger partial charge in [-0.15, -0.1) is 0 Å². The lowest BCUT2D eigenvalue weighted by Crippen LogP contribution is -2.41. The van der Waals surface area contributed by atoms with Gasteiger partial charge in [-0.05, 0) is 42.9 Å². The lowest BCUT2D eigenvalue weighted by molar-refractivity contribution is -0.126. The van der Waals surface area contributed by atoms with Crippen molar-refractivity contribution in [3.63, 3.8) is 0 Å². The predicted molar refractivity (Wildman–Crippen MR) is 97.0 cm³/mol. The molecule has 4 nitrogen and oxygen atoms in total. The third-order valence-electron chi connectivity index (χ3n) is 4.02. The maximum atomic E-state index is 12.9. The molecule has 1 atom stereocenters. The van der Waals surface area contributed by atoms with Gasteiger partial charge in [0.1, 0.15) is 24.2 Å². The molecule has 5 heteroatoms. The minimum absolute atomic E-state index is 0.0439. The van der Waals surface area contributed by atoms with E-state index in [-0.39, 0.29) is 17.8 Å². The normalized spacial score (nSPS) is 12.0. The first-order chi connectivity index (χ1) is 12.2. The number of rotatable bonds is 9. The van der Waals surface area contributed by atoms with Crippen molar-refractivity contribution in [3.8, 4) is 5.75 Å². The molecule has 1 N–H and O–H groups in total. The van der Waals surface area contributed by atoms with E-state index in [0.717, 1.165) is 18.7 Å². The van der Waals surface area contributed by atoms with E-state index in [4.69, 9.17) is 4.74 Å². The third-order valence-corrected chi connectivity index (χ3v) is 4.02. The van der Waals surface area contributed by atoms with Crippen molar-refractivity contribution in [2.75, 3.05) is 26.2 Å². The predicted octanol–water partition coefficient (Wildman–Crippen LogP) is 3.40. The molecule has 0 bridgehead atoms. The van der Waals surface area contributed by atoms with Gasteiger partial charge in [-0.3, -0.25) is 9.69 Å².